The van der Waals surface area contributed by atoms with Crippen LogP contribution in [-0.4, -0.2) is 16.1 Å². The largest absolute Gasteiger partial charge is 0.339 e. The second-order valence-corrected chi connectivity index (χ2v) is 5.87. The van der Waals surface area contributed by atoms with Gasteiger partial charge in [0.25, 0.3) is 0 Å². The monoisotopic (exact) mass is 320 g/mol. The van der Waals surface area contributed by atoms with Gasteiger partial charge in [0, 0.05) is 24.4 Å². The van der Waals surface area contributed by atoms with Crippen molar-refractivity contribution in [3.05, 3.63) is 59.7 Å². The highest BCUT2D eigenvalue weighted by Crippen LogP contribution is 2.25. The molecular weight excluding hydrogens is 300 g/mol. The molecular formula is C19H20N4O. The first kappa shape index (κ1) is 15.8. The highest BCUT2D eigenvalue weighted by Gasteiger charge is 2.06. The van der Waals surface area contributed by atoms with Gasteiger partial charge in [0.1, 0.15) is 0 Å². The predicted octanol–water partition coefficient (Wildman–Crippen LogP) is 4.40. The Hall–Kier alpha value is -3.08. The van der Waals surface area contributed by atoms with E-state index in [0.717, 1.165) is 34.0 Å². The first-order valence-corrected chi connectivity index (χ1v) is 7.79. The average Bonchev–Trinajstić information content (AvgIpc) is 2.99. The van der Waals surface area contributed by atoms with Crippen LogP contribution in [0.2, 0.25) is 0 Å². The molecule has 122 valence electrons. The van der Waals surface area contributed by atoms with Crippen molar-refractivity contribution in [1.82, 2.24) is 10.2 Å². The lowest BCUT2D eigenvalue weighted by molar-refractivity contribution is -0.114. The summed E-state index contributed by atoms with van der Waals surface area (Å²) in [4.78, 5) is 11.1. The van der Waals surface area contributed by atoms with Gasteiger partial charge in [-0.05, 0) is 43.2 Å². The maximum Gasteiger partial charge on any atom is 0.221 e. The van der Waals surface area contributed by atoms with E-state index in [1.807, 2.05) is 31.2 Å². The summed E-state index contributed by atoms with van der Waals surface area (Å²) in [6.07, 6.45) is 0. The van der Waals surface area contributed by atoms with Crippen LogP contribution >= 0.6 is 0 Å². The molecule has 5 nitrogen and oxygen atoms in total. The SMILES string of the molecule is CC(=O)Nc1ccc(Nc2cc(-c3ccc(C)cc3)[nH]n2)c(C)c1. The van der Waals surface area contributed by atoms with Gasteiger partial charge in [-0.1, -0.05) is 29.8 Å². The minimum atomic E-state index is -0.0786. The van der Waals surface area contributed by atoms with E-state index in [4.69, 9.17) is 0 Å². The molecule has 0 saturated carbocycles. The zero-order chi connectivity index (χ0) is 17.1. The van der Waals surface area contributed by atoms with Crippen LogP contribution in [0.4, 0.5) is 17.2 Å². The van der Waals surface area contributed by atoms with Gasteiger partial charge in [-0.25, -0.2) is 0 Å². The van der Waals surface area contributed by atoms with Crippen molar-refractivity contribution in [3.63, 3.8) is 0 Å². The normalized spacial score (nSPS) is 10.5. The van der Waals surface area contributed by atoms with Gasteiger partial charge >= 0.3 is 0 Å². The predicted molar refractivity (Wildman–Crippen MR) is 97.5 cm³/mol. The maximum atomic E-state index is 11.1. The molecule has 0 aliphatic heterocycles. The molecule has 3 aromatic rings. The van der Waals surface area contributed by atoms with Gasteiger partial charge in [-0.3, -0.25) is 9.89 Å². The number of amides is 1. The number of rotatable bonds is 4. The number of aromatic nitrogens is 2. The summed E-state index contributed by atoms with van der Waals surface area (Å²) < 4.78 is 0. The van der Waals surface area contributed by atoms with E-state index in [0.29, 0.717) is 0 Å². The number of hydrogen-bond acceptors (Lipinski definition) is 3. The fraction of sp³-hybridized carbons (Fsp3) is 0.158. The summed E-state index contributed by atoms with van der Waals surface area (Å²) in [6, 6.07) is 16.0. The number of aryl methyl sites for hydroxylation is 2. The number of hydrogen-bond donors (Lipinski definition) is 3. The number of aromatic amines is 1. The number of nitrogens with one attached hydrogen (secondary N) is 3. The van der Waals surface area contributed by atoms with Crippen molar-refractivity contribution in [1.29, 1.82) is 0 Å². The number of nitrogens with zero attached hydrogens (tertiary/aromatic N) is 1. The fourth-order valence-corrected chi connectivity index (χ4v) is 2.49. The molecule has 0 aliphatic carbocycles. The molecule has 5 heteroatoms. The molecule has 24 heavy (non-hydrogen) atoms. The van der Waals surface area contributed by atoms with E-state index < -0.39 is 0 Å². The Kier molecular flexibility index (Phi) is 4.33. The molecule has 0 saturated heterocycles. The molecule has 0 bridgehead atoms. The lowest BCUT2D eigenvalue weighted by atomic mass is 10.1. The quantitative estimate of drug-likeness (QED) is 0.667. The molecule has 2 aromatic carbocycles. The molecule has 0 atom stereocenters. The van der Waals surface area contributed by atoms with Crippen LogP contribution in [0.5, 0.6) is 0 Å². The molecule has 1 heterocycles. The van der Waals surface area contributed by atoms with Crippen LogP contribution < -0.4 is 10.6 Å². The van der Waals surface area contributed by atoms with Gasteiger partial charge in [-0.15, -0.1) is 0 Å². The lowest BCUT2D eigenvalue weighted by Crippen LogP contribution is -2.06. The average molecular weight is 320 g/mol. The lowest BCUT2D eigenvalue weighted by Gasteiger charge is -2.09. The third-order valence-electron chi connectivity index (χ3n) is 3.75. The van der Waals surface area contributed by atoms with Gasteiger partial charge in [0.05, 0.1) is 5.69 Å². The van der Waals surface area contributed by atoms with Crippen LogP contribution in [0.15, 0.2) is 48.5 Å². The van der Waals surface area contributed by atoms with E-state index in [1.165, 1.54) is 12.5 Å². The van der Waals surface area contributed by atoms with Crippen molar-refractivity contribution in [2.75, 3.05) is 10.6 Å². The fourth-order valence-electron chi connectivity index (χ4n) is 2.49. The molecule has 0 radical (unpaired) electrons. The number of benzene rings is 2. The van der Waals surface area contributed by atoms with E-state index in [2.05, 4.69) is 52.0 Å². The molecule has 1 aromatic heterocycles. The Morgan fingerprint density at radius 1 is 1.04 bits per heavy atom. The summed E-state index contributed by atoms with van der Waals surface area (Å²) in [5, 5.41) is 13.4. The highest BCUT2D eigenvalue weighted by atomic mass is 16.1. The standard InChI is InChI=1S/C19H20N4O/c1-12-4-6-15(7-5-12)18-11-19(23-22-18)21-17-9-8-16(10-13(17)2)20-14(3)24/h4-11H,1-3H3,(H,20,24)(H2,21,22,23). The first-order valence-electron chi connectivity index (χ1n) is 7.79. The van der Waals surface area contributed by atoms with Gasteiger partial charge in [0.2, 0.25) is 5.91 Å². The number of carbonyl (C=O) groups excluding carboxylic acids is 1. The van der Waals surface area contributed by atoms with Crippen molar-refractivity contribution >= 4 is 23.1 Å². The smallest absolute Gasteiger partial charge is 0.221 e. The van der Waals surface area contributed by atoms with Crippen LogP contribution in [0.25, 0.3) is 11.3 Å². The summed E-state index contributed by atoms with van der Waals surface area (Å²) in [5.41, 5.74) is 6.05. The summed E-state index contributed by atoms with van der Waals surface area (Å²) in [7, 11) is 0. The zero-order valence-electron chi connectivity index (χ0n) is 14.0. The van der Waals surface area contributed by atoms with Gasteiger partial charge in [-0.2, -0.15) is 5.10 Å². The Morgan fingerprint density at radius 3 is 2.46 bits per heavy atom. The van der Waals surface area contributed by atoms with Gasteiger partial charge in [0.15, 0.2) is 5.82 Å². The van der Waals surface area contributed by atoms with E-state index in [1.54, 1.807) is 0 Å². The second-order valence-electron chi connectivity index (χ2n) is 5.87. The highest BCUT2D eigenvalue weighted by molar-refractivity contribution is 5.89. The number of carbonyl (C=O) groups is 1. The van der Waals surface area contributed by atoms with E-state index in [9.17, 15) is 4.79 Å². The Bertz CT molecular complexity index is 865. The first-order chi connectivity index (χ1) is 11.5. The second kappa shape index (κ2) is 6.58. The topological polar surface area (TPSA) is 69.8 Å². The Morgan fingerprint density at radius 2 is 1.79 bits per heavy atom. The summed E-state index contributed by atoms with van der Waals surface area (Å²) in [5.74, 6) is 0.672. The van der Waals surface area contributed by atoms with Crippen LogP contribution in [0.3, 0.4) is 0 Å². The van der Waals surface area contributed by atoms with Crippen LogP contribution in [0, 0.1) is 13.8 Å². The summed E-state index contributed by atoms with van der Waals surface area (Å²) >= 11 is 0. The van der Waals surface area contributed by atoms with Crippen molar-refractivity contribution in [2.45, 2.75) is 20.8 Å². The number of H-pyrrole nitrogens is 1. The van der Waals surface area contributed by atoms with Crippen LogP contribution in [-0.2, 0) is 4.79 Å². The van der Waals surface area contributed by atoms with Crippen molar-refractivity contribution in [3.8, 4) is 11.3 Å². The molecule has 0 unspecified atom stereocenters. The Balaban J connectivity index is 1.77. The van der Waals surface area contributed by atoms with Gasteiger partial charge < -0.3 is 10.6 Å². The molecule has 1 amide bonds. The zero-order valence-corrected chi connectivity index (χ0v) is 14.0. The third-order valence-corrected chi connectivity index (χ3v) is 3.75. The van der Waals surface area contributed by atoms with Crippen molar-refractivity contribution in [2.24, 2.45) is 0 Å². The minimum absolute atomic E-state index is 0.0786. The molecule has 0 fully saturated rings. The third kappa shape index (κ3) is 3.63. The maximum absolute atomic E-state index is 11.1. The Labute approximate surface area is 141 Å². The minimum Gasteiger partial charge on any atom is -0.339 e. The van der Waals surface area contributed by atoms with E-state index >= 15 is 0 Å². The molecule has 0 aliphatic rings. The number of anilines is 3. The molecule has 0 spiro atoms. The molecule has 3 rings (SSSR count). The molecule has 3 N–H and O–H groups in total. The van der Waals surface area contributed by atoms with Crippen molar-refractivity contribution < 1.29 is 4.79 Å². The van der Waals surface area contributed by atoms with E-state index in [-0.39, 0.29) is 5.91 Å². The summed E-state index contributed by atoms with van der Waals surface area (Å²) in [6.45, 7) is 5.55. The van der Waals surface area contributed by atoms with Crippen LogP contribution in [0.1, 0.15) is 18.1 Å².